The zero-order valence-corrected chi connectivity index (χ0v) is 16.8. The largest absolute Gasteiger partial charge is 0.481 e. The molecule has 0 aliphatic heterocycles. The molecule has 0 unspecified atom stereocenters. The van der Waals surface area contributed by atoms with Gasteiger partial charge in [-0.3, -0.25) is 4.79 Å². The van der Waals surface area contributed by atoms with E-state index in [0.29, 0.717) is 18.8 Å². The first kappa shape index (κ1) is 21.3. The van der Waals surface area contributed by atoms with Gasteiger partial charge in [-0.15, -0.1) is 0 Å². The van der Waals surface area contributed by atoms with Crippen LogP contribution in [0.4, 0.5) is 0 Å². The molecule has 2 fully saturated rings. The van der Waals surface area contributed by atoms with Crippen LogP contribution in [-0.2, 0) is 4.79 Å². The summed E-state index contributed by atoms with van der Waals surface area (Å²) in [6.45, 7) is 2.26. The van der Waals surface area contributed by atoms with Crippen molar-refractivity contribution in [2.75, 3.05) is 0 Å². The molecule has 2 aliphatic rings. The Bertz CT molecular complexity index is 451. The number of rotatable bonds is 10. The molecule has 0 radical (unpaired) electrons. The molecule has 3 nitrogen and oxygen atoms in total. The Balaban J connectivity index is 1.70. The number of carboxylic acids is 1. The highest BCUT2D eigenvalue weighted by atomic mass is 16.4. The van der Waals surface area contributed by atoms with Crippen LogP contribution in [0.5, 0.6) is 0 Å². The first-order chi connectivity index (χ1) is 12.6. The first-order valence-electron chi connectivity index (χ1n) is 11.3. The smallest absolute Gasteiger partial charge is 0.309 e. The maximum Gasteiger partial charge on any atom is 0.309 e. The molecular weight excluding hydrogens is 322 g/mol. The molecular formula is C23H39NO2. The van der Waals surface area contributed by atoms with Gasteiger partial charge in [0, 0.05) is 5.92 Å². The summed E-state index contributed by atoms with van der Waals surface area (Å²) >= 11 is 0. The van der Waals surface area contributed by atoms with E-state index < -0.39 is 11.4 Å². The van der Waals surface area contributed by atoms with E-state index in [0.717, 1.165) is 31.6 Å². The molecule has 1 N–H and O–H groups in total. The van der Waals surface area contributed by atoms with Crippen molar-refractivity contribution in [2.24, 2.45) is 23.2 Å². The minimum Gasteiger partial charge on any atom is -0.481 e. The lowest BCUT2D eigenvalue weighted by atomic mass is 9.59. The van der Waals surface area contributed by atoms with Gasteiger partial charge >= 0.3 is 5.97 Å². The number of carbonyl (C=O) groups is 1. The van der Waals surface area contributed by atoms with Crippen molar-refractivity contribution in [2.45, 2.75) is 110 Å². The summed E-state index contributed by atoms with van der Waals surface area (Å²) in [5.41, 5.74) is -0.530. The average molecular weight is 362 g/mol. The van der Waals surface area contributed by atoms with Crippen LogP contribution in [0.1, 0.15) is 110 Å². The molecule has 0 bridgehead atoms. The Labute approximate surface area is 160 Å². The zero-order valence-electron chi connectivity index (χ0n) is 16.8. The fourth-order valence-corrected chi connectivity index (χ4v) is 5.45. The van der Waals surface area contributed by atoms with Crippen molar-refractivity contribution in [3.05, 3.63) is 0 Å². The van der Waals surface area contributed by atoms with Gasteiger partial charge in [-0.25, -0.2) is 0 Å². The number of nitrogens with zero attached hydrogens (tertiary/aromatic N) is 1. The van der Waals surface area contributed by atoms with Gasteiger partial charge in [0.05, 0.1) is 11.5 Å². The number of hydrogen-bond donors (Lipinski definition) is 1. The van der Waals surface area contributed by atoms with Crippen molar-refractivity contribution >= 4 is 5.97 Å². The van der Waals surface area contributed by atoms with Crippen molar-refractivity contribution in [1.82, 2.24) is 0 Å². The summed E-state index contributed by atoms with van der Waals surface area (Å²) in [6.07, 6.45) is 18.6. The number of hydrogen-bond acceptors (Lipinski definition) is 2. The quantitative estimate of drug-likeness (QED) is 0.439. The third-order valence-corrected chi connectivity index (χ3v) is 7.33. The number of aliphatic carboxylic acids is 1. The molecule has 0 atom stereocenters. The Hall–Kier alpha value is -1.04. The molecule has 26 heavy (non-hydrogen) atoms. The minimum atomic E-state index is -0.593. The number of carboxylic acid groups (broad SMARTS) is 1. The van der Waals surface area contributed by atoms with Crippen molar-refractivity contribution in [3.8, 4) is 6.07 Å². The lowest BCUT2D eigenvalue weighted by Gasteiger charge is -2.44. The molecule has 2 aliphatic carbocycles. The first-order valence-corrected chi connectivity index (χ1v) is 11.3. The van der Waals surface area contributed by atoms with E-state index in [4.69, 9.17) is 5.26 Å². The van der Waals surface area contributed by atoms with Crippen LogP contribution in [0.15, 0.2) is 0 Å². The molecule has 0 saturated heterocycles. The van der Waals surface area contributed by atoms with E-state index in [-0.39, 0.29) is 5.92 Å². The molecule has 3 heteroatoms. The van der Waals surface area contributed by atoms with Crippen LogP contribution in [0.3, 0.4) is 0 Å². The highest BCUT2D eigenvalue weighted by molar-refractivity contribution is 5.75. The van der Waals surface area contributed by atoms with Gasteiger partial charge in [-0.2, -0.15) is 5.26 Å². The predicted octanol–water partition coefficient (Wildman–Crippen LogP) is 6.72. The fourth-order valence-electron chi connectivity index (χ4n) is 5.45. The normalized spacial score (nSPS) is 32.1. The Morgan fingerprint density at radius 2 is 1.54 bits per heavy atom. The van der Waals surface area contributed by atoms with Gasteiger partial charge < -0.3 is 5.11 Å². The molecule has 0 heterocycles. The van der Waals surface area contributed by atoms with Crippen LogP contribution in [0.2, 0.25) is 0 Å². The number of nitriles is 1. The second-order valence-electron chi connectivity index (χ2n) is 8.99. The second kappa shape index (κ2) is 11.0. The molecule has 148 valence electrons. The minimum absolute atomic E-state index is 0.0798. The maximum absolute atomic E-state index is 12.1. The fraction of sp³-hybridized carbons (Fsp3) is 0.913. The van der Waals surface area contributed by atoms with Crippen LogP contribution >= 0.6 is 0 Å². The maximum atomic E-state index is 12.1. The van der Waals surface area contributed by atoms with Crippen LogP contribution in [-0.4, -0.2) is 11.1 Å². The molecule has 2 saturated carbocycles. The van der Waals surface area contributed by atoms with E-state index in [1.54, 1.807) is 0 Å². The Morgan fingerprint density at radius 1 is 0.962 bits per heavy atom. The van der Waals surface area contributed by atoms with Crippen LogP contribution in [0.25, 0.3) is 0 Å². The second-order valence-corrected chi connectivity index (χ2v) is 8.99. The molecule has 0 aromatic carbocycles. The van der Waals surface area contributed by atoms with Crippen molar-refractivity contribution in [3.63, 3.8) is 0 Å². The average Bonchev–Trinajstić information content (AvgIpc) is 2.67. The predicted molar refractivity (Wildman–Crippen MR) is 106 cm³/mol. The van der Waals surface area contributed by atoms with Gasteiger partial charge in [0.15, 0.2) is 0 Å². The molecule has 0 aromatic rings. The highest BCUT2D eigenvalue weighted by Crippen LogP contribution is 2.50. The van der Waals surface area contributed by atoms with E-state index in [9.17, 15) is 9.90 Å². The molecule has 0 spiro atoms. The topological polar surface area (TPSA) is 61.1 Å². The summed E-state index contributed by atoms with van der Waals surface area (Å²) in [4.78, 5) is 12.1. The SMILES string of the molecule is CCCCCCCCCC1CCC(C2(C(=O)O)CCC(C#N)CC2)CC1. The third-order valence-electron chi connectivity index (χ3n) is 7.33. The summed E-state index contributed by atoms with van der Waals surface area (Å²) in [6, 6.07) is 2.34. The number of unbranched alkanes of at least 4 members (excludes halogenated alkanes) is 6. The van der Waals surface area contributed by atoms with Gasteiger partial charge in [0.25, 0.3) is 0 Å². The zero-order chi connectivity index (χ0) is 18.8. The van der Waals surface area contributed by atoms with Gasteiger partial charge in [-0.05, 0) is 50.4 Å². The van der Waals surface area contributed by atoms with E-state index >= 15 is 0 Å². The van der Waals surface area contributed by atoms with Crippen molar-refractivity contribution in [1.29, 1.82) is 5.26 Å². The van der Waals surface area contributed by atoms with Gasteiger partial charge in [0.2, 0.25) is 0 Å². The van der Waals surface area contributed by atoms with Gasteiger partial charge in [-0.1, -0.05) is 71.1 Å². The highest BCUT2D eigenvalue weighted by Gasteiger charge is 2.48. The van der Waals surface area contributed by atoms with E-state index in [2.05, 4.69) is 13.0 Å². The molecule has 0 amide bonds. The monoisotopic (exact) mass is 361 g/mol. The van der Waals surface area contributed by atoms with Crippen molar-refractivity contribution < 1.29 is 9.90 Å². The van der Waals surface area contributed by atoms with E-state index in [1.807, 2.05) is 0 Å². The van der Waals surface area contributed by atoms with Crippen LogP contribution < -0.4 is 0 Å². The lowest BCUT2D eigenvalue weighted by Crippen LogP contribution is -2.43. The summed E-state index contributed by atoms with van der Waals surface area (Å²) in [5.74, 6) is 0.647. The Kier molecular flexibility index (Phi) is 8.96. The summed E-state index contributed by atoms with van der Waals surface area (Å²) < 4.78 is 0. The van der Waals surface area contributed by atoms with E-state index in [1.165, 1.54) is 64.2 Å². The summed E-state index contributed by atoms with van der Waals surface area (Å²) in [7, 11) is 0. The Morgan fingerprint density at radius 3 is 2.08 bits per heavy atom. The van der Waals surface area contributed by atoms with Crippen LogP contribution in [0, 0.1) is 34.5 Å². The summed E-state index contributed by atoms with van der Waals surface area (Å²) in [5, 5.41) is 19.1. The molecule has 0 aromatic heterocycles. The standard InChI is InChI=1S/C23H39NO2/c1-2-3-4-5-6-7-8-9-19-10-12-21(13-11-19)23(22(25)26)16-14-20(18-24)15-17-23/h19-21H,2-17H2,1H3,(H,25,26). The third kappa shape index (κ3) is 5.73. The lowest BCUT2D eigenvalue weighted by molar-refractivity contribution is -0.157. The molecule has 2 rings (SSSR count). The van der Waals surface area contributed by atoms with Gasteiger partial charge in [0.1, 0.15) is 0 Å².